The summed E-state index contributed by atoms with van der Waals surface area (Å²) in [6.45, 7) is 2.28. The van der Waals surface area contributed by atoms with Crippen molar-refractivity contribution in [3.63, 3.8) is 0 Å². The number of phenols is 2. The number of benzene rings is 2. The molecule has 2 fully saturated rings. The maximum atomic E-state index is 16.3. The van der Waals surface area contributed by atoms with E-state index in [0.29, 0.717) is 37.4 Å². The first kappa shape index (κ1) is 24.8. The first-order valence-electron chi connectivity index (χ1n) is 12.2. The number of fused-ring (bicyclic) bond motifs is 1. The van der Waals surface area contributed by atoms with E-state index < -0.39 is 34.6 Å². The van der Waals surface area contributed by atoms with Crippen LogP contribution in [-0.4, -0.2) is 70.7 Å². The van der Waals surface area contributed by atoms with Crippen LogP contribution in [0, 0.1) is 5.82 Å². The van der Waals surface area contributed by atoms with Crippen LogP contribution in [0.3, 0.4) is 0 Å². The average Bonchev–Trinajstić information content (AvgIpc) is 3.71. The molecule has 10 nitrogen and oxygen atoms in total. The molecular weight excluding hydrogens is 483 g/mol. The molecule has 0 amide bonds. The van der Waals surface area contributed by atoms with E-state index in [0.717, 1.165) is 12.8 Å². The summed E-state index contributed by atoms with van der Waals surface area (Å²) in [6, 6.07) is 5.53. The number of rotatable bonds is 7. The highest BCUT2D eigenvalue weighted by Gasteiger charge is 2.31. The second kappa shape index (κ2) is 9.56. The summed E-state index contributed by atoms with van der Waals surface area (Å²) in [7, 11) is 1.53. The van der Waals surface area contributed by atoms with Gasteiger partial charge in [0.2, 0.25) is 5.43 Å². The number of aromatic carboxylic acids is 1. The zero-order chi connectivity index (χ0) is 26.4. The number of hydrogen-bond acceptors (Lipinski definition) is 8. The zero-order valence-corrected chi connectivity index (χ0v) is 20.3. The third-order valence-corrected chi connectivity index (χ3v) is 7.06. The second-order valence-corrected chi connectivity index (χ2v) is 9.65. The van der Waals surface area contributed by atoms with Gasteiger partial charge >= 0.3 is 5.97 Å². The lowest BCUT2D eigenvalue weighted by atomic mass is 10.0. The lowest BCUT2D eigenvalue weighted by Crippen LogP contribution is -2.44. The van der Waals surface area contributed by atoms with Crippen LogP contribution < -0.4 is 20.5 Å². The molecule has 1 aliphatic carbocycles. The molecule has 1 aromatic heterocycles. The summed E-state index contributed by atoms with van der Waals surface area (Å²) in [4.78, 5) is 28.7. The van der Waals surface area contributed by atoms with Crippen LogP contribution in [-0.2, 0) is 0 Å². The van der Waals surface area contributed by atoms with Crippen molar-refractivity contribution in [2.24, 2.45) is 0 Å². The minimum absolute atomic E-state index is 0.0197. The average molecular weight is 513 g/mol. The Kier molecular flexibility index (Phi) is 6.42. The summed E-state index contributed by atoms with van der Waals surface area (Å²) in [5.74, 6) is -2.80. The van der Waals surface area contributed by atoms with Gasteiger partial charge in [0, 0.05) is 52.0 Å². The van der Waals surface area contributed by atoms with Gasteiger partial charge < -0.3 is 40.1 Å². The van der Waals surface area contributed by atoms with Crippen molar-refractivity contribution in [3.8, 4) is 11.5 Å². The Morgan fingerprint density at radius 1 is 1.19 bits per heavy atom. The fourth-order valence-electron chi connectivity index (χ4n) is 4.95. The van der Waals surface area contributed by atoms with E-state index in [9.17, 15) is 30.0 Å². The summed E-state index contributed by atoms with van der Waals surface area (Å²) >= 11 is 0. The number of phenolic OH excluding ortho intramolecular Hbond substituents is 2. The number of piperazine rings is 1. The number of carboxylic acid groups (broad SMARTS) is 1. The number of aromatic hydroxyl groups is 2. The number of aliphatic hydroxyl groups is 1. The molecule has 5 N–H and O–H groups in total. The van der Waals surface area contributed by atoms with Crippen LogP contribution in [0.5, 0.6) is 11.5 Å². The number of nitrogens with zero attached hydrogens (tertiary/aromatic N) is 3. The molecular formula is C26H29FN4O6. The predicted molar refractivity (Wildman–Crippen MR) is 136 cm³/mol. The molecule has 5 rings (SSSR count). The van der Waals surface area contributed by atoms with Gasteiger partial charge in [0.15, 0.2) is 17.3 Å². The van der Waals surface area contributed by atoms with Gasteiger partial charge in [0.05, 0.1) is 28.4 Å². The van der Waals surface area contributed by atoms with Crippen molar-refractivity contribution >= 4 is 28.2 Å². The third-order valence-electron chi connectivity index (χ3n) is 7.06. The van der Waals surface area contributed by atoms with Gasteiger partial charge in [-0.3, -0.25) is 4.79 Å². The Hall–Kier alpha value is -3.83. The molecule has 2 aliphatic rings. The molecule has 3 aromatic rings. The molecule has 37 heavy (non-hydrogen) atoms. The molecule has 1 atom stereocenters. The topological polar surface area (TPSA) is 138 Å². The largest absolute Gasteiger partial charge is 0.504 e. The predicted octanol–water partition coefficient (Wildman–Crippen LogP) is 2.16. The summed E-state index contributed by atoms with van der Waals surface area (Å²) in [5.41, 5.74) is -0.269. The number of aromatic nitrogens is 1. The number of carboxylic acids is 1. The summed E-state index contributed by atoms with van der Waals surface area (Å²) < 4.78 is 18.1. The number of halogens is 1. The first-order chi connectivity index (χ1) is 17.7. The Bertz CT molecular complexity index is 1430. The smallest absolute Gasteiger partial charge is 0.341 e. The maximum absolute atomic E-state index is 16.3. The van der Waals surface area contributed by atoms with Crippen LogP contribution in [0.15, 0.2) is 35.3 Å². The van der Waals surface area contributed by atoms with Gasteiger partial charge in [-0.1, -0.05) is 6.07 Å². The van der Waals surface area contributed by atoms with Gasteiger partial charge in [-0.05, 0) is 36.6 Å². The van der Waals surface area contributed by atoms with Gasteiger partial charge in [0.1, 0.15) is 5.56 Å². The van der Waals surface area contributed by atoms with Gasteiger partial charge in [0.25, 0.3) is 0 Å². The molecule has 0 spiro atoms. The van der Waals surface area contributed by atoms with Crippen LogP contribution in [0.1, 0.15) is 40.9 Å². The van der Waals surface area contributed by atoms with Crippen molar-refractivity contribution in [2.45, 2.75) is 25.0 Å². The standard InChI is InChI=1S/C26H29FN4O6/c1-29(13-21(34)14-2-5-19(32)20(33)10-14)24-22-17(11-18(23(24)27)30-8-6-28-7-9-30)31(15-3-4-15)12-16(25(22)35)26(36)37/h2,5,10-12,15,21,28,32-34H,3-4,6-9,13H2,1H3,(H,36,37). The monoisotopic (exact) mass is 512 g/mol. The Morgan fingerprint density at radius 3 is 2.51 bits per heavy atom. The number of nitrogens with one attached hydrogen (secondary N) is 1. The molecule has 1 saturated heterocycles. The van der Waals surface area contributed by atoms with Crippen LogP contribution in [0.4, 0.5) is 15.8 Å². The Balaban J connectivity index is 1.69. The first-order valence-corrected chi connectivity index (χ1v) is 12.2. The van der Waals surface area contributed by atoms with Crippen LogP contribution in [0.25, 0.3) is 10.9 Å². The van der Waals surface area contributed by atoms with Crippen molar-refractivity contribution in [2.75, 3.05) is 49.6 Å². The molecule has 2 aromatic carbocycles. The van der Waals surface area contributed by atoms with E-state index in [1.54, 1.807) is 10.6 Å². The number of carbonyl (C=O) groups is 1. The summed E-state index contributed by atoms with van der Waals surface area (Å²) in [6.07, 6.45) is 1.79. The van der Waals surface area contributed by atoms with E-state index in [1.807, 2.05) is 4.90 Å². The fourth-order valence-corrected chi connectivity index (χ4v) is 4.95. The fraction of sp³-hybridized carbons (Fsp3) is 0.385. The highest BCUT2D eigenvalue weighted by Crippen LogP contribution is 2.41. The highest BCUT2D eigenvalue weighted by atomic mass is 19.1. The molecule has 11 heteroatoms. The van der Waals surface area contributed by atoms with Gasteiger partial charge in [-0.2, -0.15) is 0 Å². The summed E-state index contributed by atoms with van der Waals surface area (Å²) in [5, 5.41) is 43.2. The molecule has 196 valence electrons. The van der Waals surface area contributed by atoms with E-state index in [4.69, 9.17) is 0 Å². The third kappa shape index (κ3) is 4.56. The maximum Gasteiger partial charge on any atom is 0.341 e. The van der Waals surface area contributed by atoms with E-state index in [1.165, 1.54) is 36.3 Å². The molecule has 2 heterocycles. The zero-order valence-electron chi connectivity index (χ0n) is 20.3. The van der Waals surface area contributed by atoms with Gasteiger partial charge in [-0.15, -0.1) is 0 Å². The lowest BCUT2D eigenvalue weighted by molar-refractivity contribution is 0.0694. The number of likely N-dealkylation sites (N-methyl/N-ethyl adjacent to an activating group) is 1. The van der Waals surface area contributed by atoms with Crippen LogP contribution in [0.2, 0.25) is 0 Å². The van der Waals surface area contributed by atoms with Crippen molar-refractivity contribution in [1.29, 1.82) is 0 Å². The molecule has 0 radical (unpaired) electrons. The number of anilines is 2. The molecule has 0 bridgehead atoms. The number of hydrogen-bond donors (Lipinski definition) is 5. The second-order valence-electron chi connectivity index (χ2n) is 9.65. The van der Waals surface area contributed by atoms with Crippen LogP contribution >= 0.6 is 0 Å². The minimum Gasteiger partial charge on any atom is -0.504 e. The van der Waals surface area contributed by atoms with Crippen molar-refractivity contribution in [3.05, 3.63) is 57.6 Å². The number of pyridine rings is 1. The van der Waals surface area contributed by atoms with Gasteiger partial charge in [-0.25, -0.2) is 9.18 Å². The van der Waals surface area contributed by atoms with E-state index in [-0.39, 0.29) is 35.0 Å². The Morgan fingerprint density at radius 2 is 1.89 bits per heavy atom. The van der Waals surface area contributed by atoms with Crippen molar-refractivity contribution in [1.82, 2.24) is 9.88 Å². The normalized spacial score (nSPS) is 16.7. The molecule has 1 unspecified atom stereocenters. The minimum atomic E-state index is -1.39. The SMILES string of the molecule is CN(CC(O)c1ccc(O)c(O)c1)c1c(F)c(N2CCNCC2)cc2c1c(=O)c(C(=O)O)cn2C1CC1. The molecule has 1 aliphatic heterocycles. The molecule has 1 saturated carbocycles. The quantitative estimate of drug-likeness (QED) is 0.302. The van der Waals surface area contributed by atoms with E-state index in [2.05, 4.69) is 5.32 Å². The van der Waals surface area contributed by atoms with E-state index >= 15 is 4.39 Å². The number of aliphatic hydroxyl groups excluding tert-OH is 1. The highest BCUT2D eigenvalue weighted by molar-refractivity contribution is 6.00. The lowest BCUT2D eigenvalue weighted by Gasteiger charge is -2.33. The Labute approximate surface area is 211 Å². The van der Waals surface area contributed by atoms with Crippen molar-refractivity contribution < 1.29 is 29.6 Å².